The fourth-order valence-electron chi connectivity index (χ4n) is 3.05. The molecular weight excluding hydrogens is 368 g/mol. The zero-order valence-electron chi connectivity index (χ0n) is 14.7. The van der Waals surface area contributed by atoms with E-state index < -0.39 is 0 Å². The van der Waals surface area contributed by atoms with Crippen LogP contribution in [0.5, 0.6) is 0 Å². The summed E-state index contributed by atoms with van der Waals surface area (Å²) >= 11 is 1.33. The summed E-state index contributed by atoms with van der Waals surface area (Å²) in [6, 6.07) is 19.7. The lowest BCUT2D eigenvalue weighted by Crippen LogP contribution is -2.19. The smallest absolute Gasteiger partial charge is 0.264 e. The summed E-state index contributed by atoms with van der Waals surface area (Å²) in [6.45, 7) is 0. The van der Waals surface area contributed by atoms with Gasteiger partial charge in [-0.1, -0.05) is 30.3 Å². The van der Waals surface area contributed by atoms with Crippen LogP contribution in [0.15, 0.2) is 83.0 Å². The molecule has 6 heteroatoms. The Bertz CT molecular complexity index is 1300. The molecule has 1 saturated heterocycles. The Morgan fingerprint density at radius 2 is 1.75 bits per heavy atom. The third-order valence-corrected chi connectivity index (χ3v) is 5.29. The molecule has 1 aliphatic heterocycles. The zero-order chi connectivity index (χ0) is 18.9. The van der Waals surface area contributed by atoms with E-state index >= 15 is 0 Å². The Morgan fingerprint density at radius 1 is 0.929 bits per heavy atom. The molecule has 4 aromatic rings. The number of aliphatic imine (C=N–C) groups is 1. The van der Waals surface area contributed by atoms with Crippen LogP contribution in [0, 0.1) is 0 Å². The number of fused-ring (bicyclic) bond motifs is 2. The summed E-state index contributed by atoms with van der Waals surface area (Å²) in [5.41, 5.74) is 3.51. The number of para-hydroxylation sites is 1. The van der Waals surface area contributed by atoms with Crippen molar-refractivity contribution in [2.75, 3.05) is 0 Å². The Labute approximate surface area is 165 Å². The number of nitrogens with zero attached hydrogens (tertiary/aromatic N) is 3. The van der Waals surface area contributed by atoms with Crippen molar-refractivity contribution in [3.05, 3.63) is 83.5 Å². The van der Waals surface area contributed by atoms with Gasteiger partial charge in [-0.25, -0.2) is 4.99 Å². The number of amides is 1. The van der Waals surface area contributed by atoms with Crippen LogP contribution in [0.25, 0.3) is 27.9 Å². The number of hydrogen-bond acceptors (Lipinski definition) is 5. The first-order valence-corrected chi connectivity index (χ1v) is 9.55. The molecule has 2 aromatic carbocycles. The average molecular weight is 382 g/mol. The fourth-order valence-corrected chi connectivity index (χ4v) is 3.90. The van der Waals surface area contributed by atoms with Gasteiger partial charge in [-0.15, -0.1) is 0 Å². The summed E-state index contributed by atoms with van der Waals surface area (Å²) in [7, 11) is 0. The highest BCUT2D eigenvalue weighted by molar-refractivity contribution is 8.18. The van der Waals surface area contributed by atoms with Crippen LogP contribution in [-0.2, 0) is 4.79 Å². The molecule has 0 unspecified atom stereocenters. The third-order valence-electron chi connectivity index (χ3n) is 4.38. The van der Waals surface area contributed by atoms with Crippen LogP contribution in [-0.4, -0.2) is 21.0 Å². The van der Waals surface area contributed by atoms with Crippen molar-refractivity contribution >= 4 is 56.4 Å². The van der Waals surface area contributed by atoms with E-state index in [-0.39, 0.29) is 5.91 Å². The van der Waals surface area contributed by atoms with Crippen LogP contribution in [0.4, 0.5) is 5.69 Å². The number of carbonyl (C=O) groups excluding carboxylic acids is 1. The molecule has 1 N–H and O–H groups in total. The number of carbonyl (C=O) groups is 1. The van der Waals surface area contributed by atoms with Crippen LogP contribution >= 0.6 is 11.8 Å². The minimum Gasteiger partial charge on any atom is -0.300 e. The summed E-state index contributed by atoms with van der Waals surface area (Å²) in [5.74, 6) is -0.149. The van der Waals surface area contributed by atoms with E-state index in [9.17, 15) is 4.79 Å². The first-order chi connectivity index (χ1) is 13.7. The van der Waals surface area contributed by atoms with Gasteiger partial charge in [-0.05, 0) is 53.7 Å². The Kier molecular flexibility index (Phi) is 4.10. The van der Waals surface area contributed by atoms with Gasteiger partial charge in [0.15, 0.2) is 5.17 Å². The van der Waals surface area contributed by atoms with Crippen molar-refractivity contribution in [3.63, 3.8) is 0 Å². The number of rotatable bonds is 2. The molecule has 0 radical (unpaired) electrons. The number of pyridine rings is 2. The highest BCUT2D eigenvalue weighted by Gasteiger charge is 2.23. The van der Waals surface area contributed by atoms with Gasteiger partial charge < -0.3 is 5.32 Å². The highest BCUT2D eigenvalue weighted by Crippen LogP contribution is 2.29. The van der Waals surface area contributed by atoms with Crippen LogP contribution < -0.4 is 5.32 Å². The molecule has 2 aromatic heterocycles. The van der Waals surface area contributed by atoms with Crippen molar-refractivity contribution < 1.29 is 4.79 Å². The van der Waals surface area contributed by atoms with Gasteiger partial charge in [0.05, 0.1) is 27.8 Å². The zero-order valence-corrected chi connectivity index (χ0v) is 15.5. The van der Waals surface area contributed by atoms with E-state index in [2.05, 4.69) is 20.3 Å². The lowest BCUT2D eigenvalue weighted by atomic mass is 10.1. The molecule has 1 amide bonds. The van der Waals surface area contributed by atoms with Crippen molar-refractivity contribution in [1.29, 1.82) is 0 Å². The van der Waals surface area contributed by atoms with Crippen LogP contribution in [0.2, 0.25) is 0 Å². The van der Waals surface area contributed by atoms with Gasteiger partial charge in [0.25, 0.3) is 5.91 Å². The summed E-state index contributed by atoms with van der Waals surface area (Å²) in [6.07, 6.45) is 5.35. The van der Waals surface area contributed by atoms with E-state index in [0.717, 1.165) is 27.4 Å². The number of hydrogen-bond donors (Lipinski definition) is 1. The monoisotopic (exact) mass is 382 g/mol. The molecule has 28 heavy (non-hydrogen) atoms. The second-order valence-corrected chi connectivity index (χ2v) is 7.35. The standard InChI is InChI=1S/C22H14N4OS/c27-21-20(11-14-7-8-19-15(10-14)5-3-9-23-19)28-22(26-21)25-17-12-16-4-1-2-6-18(16)24-13-17/h1-13H,(H,25,26,27)/b20-11+. The molecule has 3 heterocycles. The molecule has 5 rings (SSSR count). The fraction of sp³-hybridized carbons (Fsp3) is 0. The Balaban J connectivity index is 1.43. The number of amidine groups is 1. The quantitative estimate of drug-likeness (QED) is 0.512. The Hall–Kier alpha value is -3.51. The summed E-state index contributed by atoms with van der Waals surface area (Å²) < 4.78 is 0. The minimum atomic E-state index is -0.149. The Morgan fingerprint density at radius 3 is 2.71 bits per heavy atom. The summed E-state index contributed by atoms with van der Waals surface area (Å²) in [4.78, 5) is 26.2. The van der Waals surface area contributed by atoms with Crippen molar-refractivity contribution in [2.24, 2.45) is 4.99 Å². The predicted molar refractivity (Wildman–Crippen MR) is 114 cm³/mol. The molecule has 0 atom stereocenters. The largest absolute Gasteiger partial charge is 0.300 e. The van der Waals surface area contributed by atoms with Crippen LogP contribution in [0.1, 0.15) is 5.56 Å². The maximum atomic E-state index is 12.3. The van der Waals surface area contributed by atoms with E-state index in [1.165, 1.54) is 11.8 Å². The van der Waals surface area contributed by atoms with Crippen molar-refractivity contribution in [1.82, 2.24) is 15.3 Å². The second kappa shape index (κ2) is 6.90. The van der Waals surface area contributed by atoms with Crippen molar-refractivity contribution in [3.8, 4) is 0 Å². The molecule has 0 bridgehead atoms. The van der Waals surface area contributed by atoms with E-state index in [4.69, 9.17) is 0 Å². The summed E-state index contributed by atoms with van der Waals surface area (Å²) in [5, 5.41) is 5.43. The number of benzene rings is 2. The first kappa shape index (κ1) is 16.6. The highest BCUT2D eigenvalue weighted by atomic mass is 32.2. The average Bonchev–Trinajstić information content (AvgIpc) is 3.06. The van der Waals surface area contributed by atoms with Gasteiger partial charge in [0.1, 0.15) is 0 Å². The van der Waals surface area contributed by atoms with E-state index in [0.29, 0.717) is 15.8 Å². The predicted octanol–water partition coefficient (Wildman–Crippen LogP) is 4.67. The number of aromatic nitrogens is 2. The molecule has 5 nitrogen and oxygen atoms in total. The second-order valence-electron chi connectivity index (χ2n) is 6.32. The molecule has 0 saturated carbocycles. The minimum absolute atomic E-state index is 0.149. The lowest BCUT2D eigenvalue weighted by Gasteiger charge is -1.99. The SMILES string of the molecule is O=C1NC(=Nc2cnc3ccccc3c2)S/C1=C/c1ccc2ncccc2c1. The van der Waals surface area contributed by atoms with Gasteiger partial charge in [0.2, 0.25) is 0 Å². The molecule has 0 spiro atoms. The number of thioether (sulfide) groups is 1. The number of nitrogens with one attached hydrogen (secondary N) is 1. The first-order valence-electron chi connectivity index (χ1n) is 8.74. The molecular formula is C22H14N4OS. The van der Waals surface area contributed by atoms with Crippen LogP contribution in [0.3, 0.4) is 0 Å². The molecule has 0 aliphatic carbocycles. The maximum absolute atomic E-state index is 12.3. The van der Waals surface area contributed by atoms with Crippen molar-refractivity contribution in [2.45, 2.75) is 0 Å². The lowest BCUT2D eigenvalue weighted by molar-refractivity contribution is -0.115. The van der Waals surface area contributed by atoms with Gasteiger partial charge >= 0.3 is 0 Å². The third kappa shape index (κ3) is 3.25. The topological polar surface area (TPSA) is 67.2 Å². The van der Waals surface area contributed by atoms with E-state index in [1.54, 1.807) is 12.4 Å². The molecule has 134 valence electrons. The van der Waals surface area contributed by atoms with Gasteiger partial charge in [-0.3, -0.25) is 14.8 Å². The van der Waals surface area contributed by atoms with E-state index in [1.807, 2.05) is 66.7 Å². The van der Waals surface area contributed by atoms with Gasteiger partial charge in [0, 0.05) is 17.0 Å². The normalized spacial score (nSPS) is 16.9. The molecule has 1 fully saturated rings. The molecule has 1 aliphatic rings. The maximum Gasteiger partial charge on any atom is 0.264 e. The van der Waals surface area contributed by atoms with Gasteiger partial charge in [-0.2, -0.15) is 0 Å².